The van der Waals surface area contributed by atoms with Crippen molar-refractivity contribution in [3.63, 3.8) is 0 Å². The fourth-order valence-electron chi connectivity index (χ4n) is 0. The monoisotopic (exact) mass is 80.0 g/mol. The molecule has 2 N–H and O–H groups in total. The van der Waals surface area contributed by atoms with E-state index in [1.807, 2.05) is 0 Å². The summed E-state index contributed by atoms with van der Waals surface area (Å²) in [5.74, 6) is 0. The van der Waals surface area contributed by atoms with Crippen molar-refractivity contribution < 1.29 is 29.6 Å². The molecule has 24 valence electrons. The molecule has 0 fully saturated rings. The average Bonchev–Trinajstić information content (AvgIpc) is 1.37. The molecule has 0 aromatic carbocycles. The van der Waals surface area contributed by atoms with Gasteiger partial charge in [0.2, 0.25) is 0 Å². The zero-order valence-electron chi connectivity index (χ0n) is 3.57. The second-order valence-electron chi connectivity index (χ2n) is 0.524. The summed E-state index contributed by atoms with van der Waals surface area (Å²) in [6.07, 6.45) is 1.65. The van der Waals surface area contributed by atoms with Crippen LogP contribution in [0.5, 0.6) is 0 Å². The molecule has 0 amide bonds. The van der Waals surface area contributed by atoms with Gasteiger partial charge in [0.05, 0.1) is 0 Å². The van der Waals surface area contributed by atoms with Crippen LogP contribution in [0.3, 0.4) is 0 Å². The molecule has 0 bridgehead atoms. The number of hydrogen-bond acceptors (Lipinski definition) is 1. The Morgan fingerprint density at radius 3 is 2.00 bits per heavy atom. The van der Waals surface area contributed by atoms with E-state index < -0.39 is 0 Å². The van der Waals surface area contributed by atoms with Gasteiger partial charge in [-0.2, -0.15) is 0 Å². The predicted molar refractivity (Wildman–Crippen MR) is 19.3 cm³/mol. The number of nitrogens with two attached hydrogens (primary N) is 1. The summed E-state index contributed by atoms with van der Waals surface area (Å²) in [7, 11) is 0. The average molecular weight is 80.1 g/mol. The molecule has 0 radical (unpaired) electrons. The van der Waals surface area contributed by atoms with Crippen LogP contribution in [0, 0.1) is 0 Å². The van der Waals surface area contributed by atoms with Gasteiger partial charge >= 0.3 is 29.6 Å². The van der Waals surface area contributed by atoms with Crippen LogP contribution in [0.25, 0.3) is 0 Å². The van der Waals surface area contributed by atoms with Crippen LogP contribution >= 0.6 is 0 Å². The Labute approximate surface area is 54.5 Å². The van der Waals surface area contributed by atoms with E-state index >= 15 is 0 Å². The Morgan fingerprint density at radius 2 is 2.00 bits per heavy atom. The Hall–Kier alpha value is 0.700. The van der Waals surface area contributed by atoms with Crippen LogP contribution in [0.2, 0.25) is 0 Å². The Kier molecular flexibility index (Phi) is 16.2. The Balaban J connectivity index is 0. The largest absolute Gasteiger partial charge is 1.00 e. The van der Waals surface area contributed by atoms with Crippen molar-refractivity contribution in [2.75, 3.05) is 6.54 Å². The first-order chi connectivity index (χ1) is 1.91. The van der Waals surface area contributed by atoms with Crippen molar-refractivity contribution in [3.8, 4) is 0 Å². The molecule has 0 rings (SSSR count). The van der Waals surface area contributed by atoms with E-state index in [2.05, 4.69) is 6.58 Å². The van der Waals surface area contributed by atoms with Gasteiger partial charge in [-0.05, 0) is 0 Å². The SMILES string of the molecule is C=CCN.[Na+]. The minimum atomic E-state index is 0. The van der Waals surface area contributed by atoms with Gasteiger partial charge in [-0.3, -0.25) is 0 Å². The third-order valence-electron chi connectivity index (χ3n) is 0.167. The predicted octanol–water partition coefficient (Wildman–Crippen LogP) is -2.86. The molecule has 1 nitrogen and oxygen atoms in total. The smallest absolute Gasteiger partial charge is 0.327 e. The first kappa shape index (κ1) is 9.20. The summed E-state index contributed by atoms with van der Waals surface area (Å²) in [5, 5.41) is 0. The van der Waals surface area contributed by atoms with Gasteiger partial charge in [-0.15, -0.1) is 6.58 Å². The fourth-order valence-corrected chi connectivity index (χ4v) is 0. The summed E-state index contributed by atoms with van der Waals surface area (Å²) in [4.78, 5) is 0. The number of rotatable bonds is 1. The maximum Gasteiger partial charge on any atom is 1.00 e. The Morgan fingerprint density at radius 1 is 1.80 bits per heavy atom. The van der Waals surface area contributed by atoms with E-state index in [9.17, 15) is 0 Å². The minimum Gasteiger partial charge on any atom is -0.327 e. The van der Waals surface area contributed by atoms with E-state index in [4.69, 9.17) is 5.73 Å². The molecule has 0 spiro atoms. The van der Waals surface area contributed by atoms with Crippen LogP contribution < -0.4 is 35.3 Å². The molecule has 5 heavy (non-hydrogen) atoms. The molecule has 0 aliphatic rings. The molecular formula is C3H7NNa+. The molecule has 0 aliphatic carbocycles. The van der Waals surface area contributed by atoms with Gasteiger partial charge in [0.25, 0.3) is 0 Å². The maximum absolute atomic E-state index is 4.91. The molecular weight excluding hydrogens is 73.0 g/mol. The second kappa shape index (κ2) is 8.83. The van der Waals surface area contributed by atoms with E-state index in [-0.39, 0.29) is 29.6 Å². The minimum absolute atomic E-state index is 0. The summed E-state index contributed by atoms with van der Waals surface area (Å²) in [6, 6.07) is 0. The standard InChI is InChI=1S/C3H7N.Na/c1-2-3-4;/h2H,1,3-4H2;/q;+1. The van der Waals surface area contributed by atoms with Crippen LogP contribution in [-0.4, -0.2) is 6.54 Å². The summed E-state index contributed by atoms with van der Waals surface area (Å²) in [6.45, 7) is 3.94. The van der Waals surface area contributed by atoms with Crippen molar-refractivity contribution in [1.82, 2.24) is 0 Å². The molecule has 0 unspecified atom stereocenters. The van der Waals surface area contributed by atoms with E-state index in [0.29, 0.717) is 6.54 Å². The first-order valence-corrected chi connectivity index (χ1v) is 1.22. The molecule has 2 heteroatoms. The Bertz CT molecular complexity index is 20.9. The summed E-state index contributed by atoms with van der Waals surface area (Å²) >= 11 is 0. The molecule has 0 saturated carbocycles. The van der Waals surface area contributed by atoms with E-state index in [1.54, 1.807) is 6.08 Å². The van der Waals surface area contributed by atoms with Crippen LogP contribution in [-0.2, 0) is 0 Å². The van der Waals surface area contributed by atoms with Gasteiger partial charge < -0.3 is 5.73 Å². The van der Waals surface area contributed by atoms with Gasteiger partial charge in [-0.25, -0.2) is 0 Å². The zero-order valence-corrected chi connectivity index (χ0v) is 5.57. The van der Waals surface area contributed by atoms with Crippen molar-refractivity contribution in [2.24, 2.45) is 5.73 Å². The number of hydrogen-bond donors (Lipinski definition) is 1. The quantitative estimate of drug-likeness (QED) is 0.266. The van der Waals surface area contributed by atoms with Crippen LogP contribution in [0.1, 0.15) is 0 Å². The third-order valence-corrected chi connectivity index (χ3v) is 0.167. The van der Waals surface area contributed by atoms with Gasteiger partial charge in [0, 0.05) is 6.54 Å². The fraction of sp³-hybridized carbons (Fsp3) is 0.333. The maximum atomic E-state index is 4.91. The van der Waals surface area contributed by atoms with Gasteiger partial charge in [0.1, 0.15) is 0 Å². The van der Waals surface area contributed by atoms with E-state index in [1.165, 1.54) is 0 Å². The zero-order chi connectivity index (χ0) is 3.41. The molecule has 0 saturated heterocycles. The van der Waals surface area contributed by atoms with E-state index in [0.717, 1.165) is 0 Å². The first-order valence-electron chi connectivity index (χ1n) is 1.22. The van der Waals surface area contributed by atoms with Crippen molar-refractivity contribution in [3.05, 3.63) is 12.7 Å². The van der Waals surface area contributed by atoms with Gasteiger partial charge in [0.15, 0.2) is 0 Å². The normalized spacial score (nSPS) is 5.00. The molecule has 0 aliphatic heterocycles. The summed E-state index contributed by atoms with van der Waals surface area (Å²) < 4.78 is 0. The summed E-state index contributed by atoms with van der Waals surface area (Å²) in [5.41, 5.74) is 4.91. The molecule has 0 atom stereocenters. The van der Waals surface area contributed by atoms with Crippen LogP contribution in [0.15, 0.2) is 12.7 Å². The topological polar surface area (TPSA) is 26.0 Å². The van der Waals surface area contributed by atoms with Crippen molar-refractivity contribution in [1.29, 1.82) is 0 Å². The molecule has 0 aromatic heterocycles. The second-order valence-corrected chi connectivity index (χ2v) is 0.524. The van der Waals surface area contributed by atoms with Crippen molar-refractivity contribution >= 4 is 0 Å². The molecule has 0 aromatic rings. The van der Waals surface area contributed by atoms with Gasteiger partial charge in [-0.1, -0.05) is 6.08 Å². The van der Waals surface area contributed by atoms with Crippen LogP contribution in [0.4, 0.5) is 0 Å². The third kappa shape index (κ3) is 11.9. The molecule has 0 heterocycles. The van der Waals surface area contributed by atoms with Crippen molar-refractivity contribution in [2.45, 2.75) is 0 Å².